The Bertz CT molecular complexity index is 927. The van der Waals surface area contributed by atoms with E-state index in [2.05, 4.69) is 4.98 Å². The molecule has 0 amide bonds. The van der Waals surface area contributed by atoms with Crippen LogP contribution in [0.25, 0.3) is 10.9 Å². The highest BCUT2D eigenvalue weighted by atomic mass is 35.5. The van der Waals surface area contributed by atoms with Crippen LogP contribution < -0.4 is 0 Å². The van der Waals surface area contributed by atoms with E-state index in [1.165, 1.54) is 30.3 Å². The van der Waals surface area contributed by atoms with Crippen LogP contribution in [-0.4, -0.2) is 13.4 Å². The number of hydrogen-bond acceptors (Lipinski definition) is 3. The number of rotatable bonds is 2. The van der Waals surface area contributed by atoms with Crippen molar-refractivity contribution in [3.63, 3.8) is 0 Å². The molecule has 2 aromatic carbocycles. The number of hydrogen-bond donors (Lipinski definition) is 0. The fourth-order valence-corrected chi connectivity index (χ4v) is 3.85. The van der Waals surface area contributed by atoms with Crippen LogP contribution in [0.1, 0.15) is 0 Å². The molecule has 0 spiro atoms. The second kappa shape index (κ2) is 5.09. The third-order valence-electron chi connectivity index (χ3n) is 3.08. The van der Waals surface area contributed by atoms with Crippen molar-refractivity contribution in [1.29, 1.82) is 0 Å². The Labute approximate surface area is 125 Å². The Kier molecular flexibility index (Phi) is 3.39. The van der Waals surface area contributed by atoms with Crippen LogP contribution in [-0.2, 0) is 9.84 Å². The van der Waals surface area contributed by atoms with Crippen molar-refractivity contribution in [3.05, 3.63) is 65.6 Å². The Morgan fingerprint density at radius 1 is 1.05 bits per heavy atom. The third-order valence-corrected chi connectivity index (χ3v) is 5.38. The third kappa shape index (κ3) is 2.39. The summed E-state index contributed by atoms with van der Waals surface area (Å²) in [5, 5.41) is 0.443. The van der Waals surface area contributed by atoms with Crippen molar-refractivity contribution in [3.8, 4) is 0 Å². The minimum absolute atomic E-state index is 0.0452. The van der Waals surface area contributed by atoms with Crippen LogP contribution in [0.3, 0.4) is 0 Å². The lowest BCUT2D eigenvalue weighted by atomic mass is 10.2. The van der Waals surface area contributed by atoms with Gasteiger partial charge in [0, 0.05) is 17.6 Å². The Morgan fingerprint density at radius 2 is 1.76 bits per heavy atom. The zero-order chi connectivity index (χ0) is 15.0. The van der Waals surface area contributed by atoms with Crippen LogP contribution >= 0.6 is 11.6 Å². The smallest absolute Gasteiger partial charge is 0.209 e. The van der Waals surface area contributed by atoms with Gasteiger partial charge in [-0.3, -0.25) is 4.98 Å². The van der Waals surface area contributed by atoms with Crippen LogP contribution in [0.15, 0.2) is 64.5 Å². The Hall–Kier alpha value is -1.98. The zero-order valence-electron chi connectivity index (χ0n) is 10.6. The van der Waals surface area contributed by atoms with E-state index >= 15 is 0 Å². The van der Waals surface area contributed by atoms with Crippen LogP contribution in [0, 0.1) is 5.82 Å². The van der Waals surface area contributed by atoms with E-state index in [1.807, 2.05) is 0 Å². The van der Waals surface area contributed by atoms with Gasteiger partial charge in [-0.25, -0.2) is 12.8 Å². The average molecular weight is 322 g/mol. The highest BCUT2D eigenvalue weighted by Crippen LogP contribution is 2.32. The molecule has 0 unspecified atom stereocenters. The maximum Gasteiger partial charge on any atom is 0.209 e. The molecule has 0 aliphatic heterocycles. The summed E-state index contributed by atoms with van der Waals surface area (Å²) in [5.74, 6) is -0.454. The molecule has 106 valence electrons. The lowest BCUT2D eigenvalue weighted by molar-refractivity contribution is 0.596. The standard InChI is InChI=1S/C15H9ClFNO2S/c16-15-12-7-6-10(17)8-13(12)18-9-14(15)21(19,20)11-4-2-1-3-5-11/h1-9H. The highest BCUT2D eigenvalue weighted by molar-refractivity contribution is 7.91. The highest BCUT2D eigenvalue weighted by Gasteiger charge is 2.22. The molecule has 1 aromatic heterocycles. The topological polar surface area (TPSA) is 47.0 Å². The number of aromatic nitrogens is 1. The van der Waals surface area contributed by atoms with Crippen molar-refractivity contribution >= 4 is 32.3 Å². The van der Waals surface area contributed by atoms with Gasteiger partial charge in [0.1, 0.15) is 10.7 Å². The minimum Gasteiger partial charge on any atom is -0.255 e. The number of sulfone groups is 1. The van der Waals surface area contributed by atoms with E-state index in [0.29, 0.717) is 10.9 Å². The molecule has 0 aliphatic carbocycles. The van der Waals surface area contributed by atoms with Gasteiger partial charge in [0.05, 0.1) is 15.4 Å². The number of benzene rings is 2. The summed E-state index contributed by atoms with van der Waals surface area (Å²) in [4.78, 5) is 4.04. The maximum absolute atomic E-state index is 13.2. The normalized spacial score (nSPS) is 11.7. The summed E-state index contributed by atoms with van der Waals surface area (Å²) in [7, 11) is -3.76. The molecule has 0 atom stereocenters. The van der Waals surface area contributed by atoms with E-state index in [1.54, 1.807) is 18.2 Å². The number of fused-ring (bicyclic) bond motifs is 1. The zero-order valence-corrected chi connectivity index (χ0v) is 12.2. The monoisotopic (exact) mass is 321 g/mol. The molecule has 0 aliphatic rings. The van der Waals surface area contributed by atoms with Gasteiger partial charge < -0.3 is 0 Å². The summed E-state index contributed by atoms with van der Waals surface area (Å²) < 4.78 is 38.3. The van der Waals surface area contributed by atoms with E-state index in [4.69, 9.17) is 11.6 Å². The van der Waals surface area contributed by atoms with Crippen molar-refractivity contribution in [2.75, 3.05) is 0 Å². The Morgan fingerprint density at radius 3 is 2.48 bits per heavy atom. The largest absolute Gasteiger partial charge is 0.255 e. The molecule has 0 bridgehead atoms. The first-order valence-corrected chi connectivity index (χ1v) is 7.90. The van der Waals surface area contributed by atoms with E-state index in [0.717, 1.165) is 6.20 Å². The van der Waals surface area contributed by atoms with Crippen LogP contribution in [0.4, 0.5) is 4.39 Å². The number of pyridine rings is 1. The van der Waals surface area contributed by atoms with Gasteiger partial charge in [-0.2, -0.15) is 0 Å². The van der Waals surface area contributed by atoms with Crippen molar-refractivity contribution in [2.24, 2.45) is 0 Å². The second-order valence-corrected chi connectivity index (χ2v) is 6.71. The van der Waals surface area contributed by atoms with E-state index < -0.39 is 15.7 Å². The summed E-state index contributed by atoms with van der Waals surface area (Å²) in [6.07, 6.45) is 1.16. The fraction of sp³-hybridized carbons (Fsp3) is 0. The quantitative estimate of drug-likeness (QED) is 0.720. The van der Waals surface area contributed by atoms with Gasteiger partial charge in [0.2, 0.25) is 9.84 Å². The van der Waals surface area contributed by atoms with Crippen molar-refractivity contribution in [2.45, 2.75) is 9.79 Å². The van der Waals surface area contributed by atoms with Gasteiger partial charge in [0.15, 0.2) is 0 Å². The fourth-order valence-electron chi connectivity index (χ4n) is 2.03. The van der Waals surface area contributed by atoms with Gasteiger partial charge in [0.25, 0.3) is 0 Å². The molecule has 1 heterocycles. The lowest BCUT2D eigenvalue weighted by Gasteiger charge is -2.08. The van der Waals surface area contributed by atoms with Crippen LogP contribution in [0.2, 0.25) is 5.02 Å². The molecular weight excluding hydrogens is 313 g/mol. The summed E-state index contributed by atoms with van der Waals surface area (Å²) in [6, 6.07) is 11.8. The average Bonchev–Trinajstić information content (AvgIpc) is 2.48. The molecule has 3 aromatic rings. The predicted molar refractivity (Wildman–Crippen MR) is 78.6 cm³/mol. The van der Waals surface area contributed by atoms with Crippen molar-refractivity contribution < 1.29 is 12.8 Å². The summed E-state index contributed by atoms with van der Waals surface area (Å²) >= 11 is 6.19. The van der Waals surface area contributed by atoms with E-state index in [9.17, 15) is 12.8 Å². The van der Waals surface area contributed by atoms with Crippen molar-refractivity contribution in [1.82, 2.24) is 4.98 Å². The molecule has 3 nitrogen and oxygen atoms in total. The number of nitrogens with zero attached hydrogens (tertiary/aromatic N) is 1. The first-order chi connectivity index (χ1) is 10.00. The molecule has 0 fully saturated rings. The predicted octanol–water partition coefficient (Wildman–Crippen LogP) is 3.86. The first kappa shape index (κ1) is 14.0. The Balaban J connectivity index is 2.27. The molecule has 0 saturated carbocycles. The summed E-state index contributed by atoms with van der Waals surface area (Å²) in [5.41, 5.74) is 0.312. The first-order valence-electron chi connectivity index (χ1n) is 6.04. The molecule has 0 N–H and O–H groups in total. The SMILES string of the molecule is O=S(=O)(c1ccccc1)c1cnc2cc(F)ccc2c1Cl. The van der Waals surface area contributed by atoms with Gasteiger partial charge >= 0.3 is 0 Å². The van der Waals surface area contributed by atoms with Gasteiger partial charge in [-0.1, -0.05) is 29.8 Å². The van der Waals surface area contributed by atoms with E-state index in [-0.39, 0.29) is 14.8 Å². The molecule has 3 rings (SSSR count). The second-order valence-electron chi connectivity index (χ2n) is 4.41. The number of halogens is 2. The van der Waals surface area contributed by atoms with Crippen LogP contribution in [0.5, 0.6) is 0 Å². The molecule has 21 heavy (non-hydrogen) atoms. The summed E-state index contributed by atoms with van der Waals surface area (Å²) in [6.45, 7) is 0. The lowest BCUT2D eigenvalue weighted by Crippen LogP contribution is -2.03. The molecule has 0 radical (unpaired) electrons. The molecule has 6 heteroatoms. The minimum atomic E-state index is -3.76. The van der Waals surface area contributed by atoms with Gasteiger partial charge in [-0.05, 0) is 24.3 Å². The maximum atomic E-state index is 13.2. The van der Waals surface area contributed by atoms with Gasteiger partial charge in [-0.15, -0.1) is 0 Å². The molecular formula is C15H9ClFNO2S. The molecule has 0 saturated heterocycles.